The first-order valence-corrected chi connectivity index (χ1v) is 8.62. The van der Waals surface area contributed by atoms with E-state index >= 15 is 0 Å². The molecule has 1 atom stereocenters. The van der Waals surface area contributed by atoms with Crippen LogP contribution in [0.25, 0.3) is 0 Å². The van der Waals surface area contributed by atoms with Crippen LogP contribution in [-0.2, 0) is 0 Å². The molecule has 1 saturated carbocycles. The van der Waals surface area contributed by atoms with E-state index in [4.69, 9.17) is 0 Å². The van der Waals surface area contributed by atoms with E-state index in [1.807, 2.05) is 0 Å². The Labute approximate surface area is 124 Å². The Morgan fingerprint density at radius 1 is 1.20 bits per heavy atom. The molecule has 1 unspecified atom stereocenters. The molecule has 3 nitrogen and oxygen atoms in total. The lowest BCUT2D eigenvalue weighted by atomic mass is 9.91. The predicted molar refractivity (Wildman–Crippen MR) is 83.5 cm³/mol. The van der Waals surface area contributed by atoms with E-state index in [-0.39, 0.29) is 5.54 Å². The van der Waals surface area contributed by atoms with Gasteiger partial charge < -0.3 is 4.90 Å². The molecule has 1 saturated heterocycles. The summed E-state index contributed by atoms with van der Waals surface area (Å²) in [5, 5.41) is 13.1. The normalized spacial score (nSPS) is 24.2. The number of hydrogen-bond acceptors (Lipinski definition) is 3. The summed E-state index contributed by atoms with van der Waals surface area (Å²) in [6, 6.07) is 3.18. The fraction of sp³-hybridized carbons (Fsp3) is 0.941. The van der Waals surface area contributed by atoms with Gasteiger partial charge in [-0.1, -0.05) is 20.3 Å². The Hall–Kier alpha value is -0.590. The summed E-state index contributed by atoms with van der Waals surface area (Å²) in [5.41, 5.74) is -0.261. The van der Waals surface area contributed by atoms with Crippen molar-refractivity contribution < 1.29 is 0 Å². The van der Waals surface area contributed by atoms with Crippen LogP contribution in [0, 0.1) is 17.2 Å². The molecule has 2 rings (SSSR count). The SMILES string of the molecule is CCC1CCN(CCCC(C#N)(CC)NC2CC2)CC1. The van der Waals surface area contributed by atoms with Crippen molar-refractivity contribution in [3.63, 3.8) is 0 Å². The van der Waals surface area contributed by atoms with Crippen LogP contribution in [0.5, 0.6) is 0 Å². The van der Waals surface area contributed by atoms with Gasteiger partial charge in [0.25, 0.3) is 0 Å². The highest BCUT2D eigenvalue weighted by atomic mass is 15.1. The molecule has 0 amide bonds. The van der Waals surface area contributed by atoms with E-state index in [2.05, 4.69) is 30.1 Å². The van der Waals surface area contributed by atoms with Gasteiger partial charge in [-0.25, -0.2) is 0 Å². The van der Waals surface area contributed by atoms with E-state index in [1.54, 1.807) is 0 Å². The number of rotatable bonds is 8. The summed E-state index contributed by atoms with van der Waals surface area (Å²) in [6.45, 7) is 8.16. The Morgan fingerprint density at radius 3 is 2.40 bits per heavy atom. The molecule has 3 heteroatoms. The van der Waals surface area contributed by atoms with Crippen LogP contribution in [0.3, 0.4) is 0 Å². The monoisotopic (exact) mass is 277 g/mol. The summed E-state index contributed by atoms with van der Waals surface area (Å²) in [4.78, 5) is 2.60. The molecule has 0 radical (unpaired) electrons. The number of hydrogen-bond donors (Lipinski definition) is 1. The highest BCUT2D eigenvalue weighted by molar-refractivity contribution is 5.09. The third-order valence-electron chi connectivity index (χ3n) is 5.24. The topological polar surface area (TPSA) is 39.1 Å². The highest BCUT2D eigenvalue weighted by Gasteiger charge is 2.34. The van der Waals surface area contributed by atoms with Gasteiger partial charge in [-0.2, -0.15) is 5.26 Å². The largest absolute Gasteiger partial charge is 0.303 e. The minimum absolute atomic E-state index is 0.261. The number of likely N-dealkylation sites (tertiary alicyclic amines) is 1. The molecular formula is C17H31N3. The van der Waals surface area contributed by atoms with Crippen LogP contribution in [0.1, 0.15) is 65.2 Å². The van der Waals surface area contributed by atoms with Gasteiger partial charge in [-0.3, -0.25) is 5.32 Å². The minimum Gasteiger partial charge on any atom is -0.303 e. The number of nitriles is 1. The molecule has 0 bridgehead atoms. The average Bonchev–Trinajstić information content (AvgIpc) is 3.31. The minimum atomic E-state index is -0.261. The molecule has 20 heavy (non-hydrogen) atoms. The van der Waals surface area contributed by atoms with Crippen LogP contribution in [0.2, 0.25) is 0 Å². The maximum atomic E-state index is 9.53. The molecule has 0 aromatic heterocycles. The van der Waals surface area contributed by atoms with Gasteiger partial charge in [0, 0.05) is 6.04 Å². The Bertz CT molecular complexity index is 324. The summed E-state index contributed by atoms with van der Waals surface area (Å²) in [5.74, 6) is 0.955. The fourth-order valence-corrected chi connectivity index (χ4v) is 3.36. The second-order valence-electron chi connectivity index (χ2n) is 6.76. The summed E-state index contributed by atoms with van der Waals surface area (Å²) >= 11 is 0. The van der Waals surface area contributed by atoms with E-state index in [0.717, 1.165) is 25.2 Å². The van der Waals surface area contributed by atoms with Gasteiger partial charge in [0.05, 0.1) is 6.07 Å². The lowest BCUT2D eigenvalue weighted by Crippen LogP contribution is -2.45. The van der Waals surface area contributed by atoms with Crippen molar-refractivity contribution in [2.75, 3.05) is 19.6 Å². The number of nitrogens with one attached hydrogen (secondary N) is 1. The first kappa shape index (κ1) is 15.8. The maximum Gasteiger partial charge on any atom is 0.106 e. The first-order valence-electron chi connectivity index (χ1n) is 8.62. The molecule has 1 aliphatic heterocycles. The molecule has 2 fully saturated rings. The number of nitrogens with zero attached hydrogens (tertiary/aromatic N) is 2. The van der Waals surface area contributed by atoms with E-state index in [1.165, 1.54) is 51.7 Å². The van der Waals surface area contributed by atoms with Crippen LogP contribution >= 0.6 is 0 Å². The maximum absolute atomic E-state index is 9.53. The molecule has 0 aromatic rings. The van der Waals surface area contributed by atoms with Crippen molar-refractivity contribution in [2.45, 2.75) is 76.8 Å². The molecule has 1 N–H and O–H groups in total. The highest BCUT2D eigenvalue weighted by Crippen LogP contribution is 2.27. The molecule has 1 aliphatic carbocycles. The average molecular weight is 277 g/mol. The third-order valence-corrected chi connectivity index (χ3v) is 5.24. The van der Waals surface area contributed by atoms with Crippen molar-refractivity contribution >= 4 is 0 Å². The zero-order valence-corrected chi connectivity index (χ0v) is 13.3. The van der Waals surface area contributed by atoms with Gasteiger partial charge in [0.15, 0.2) is 0 Å². The zero-order chi connectivity index (χ0) is 14.4. The molecule has 1 heterocycles. The lowest BCUT2D eigenvalue weighted by Gasteiger charge is -2.33. The summed E-state index contributed by atoms with van der Waals surface area (Å²) in [6.07, 6.45) is 9.68. The van der Waals surface area contributed by atoms with Crippen molar-refractivity contribution in [3.05, 3.63) is 0 Å². The molecular weight excluding hydrogens is 246 g/mol. The second kappa shape index (κ2) is 7.43. The van der Waals surface area contributed by atoms with Crippen molar-refractivity contribution in [1.82, 2.24) is 10.2 Å². The predicted octanol–water partition coefficient (Wildman–Crippen LogP) is 3.31. The van der Waals surface area contributed by atoms with Gasteiger partial charge in [0.2, 0.25) is 0 Å². The smallest absolute Gasteiger partial charge is 0.106 e. The fourth-order valence-electron chi connectivity index (χ4n) is 3.36. The quantitative estimate of drug-likeness (QED) is 0.740. The zero-order valence-electron chi connectivity index (χ0n) is 13.3. The van der Waals surface area contributed by atoms with E-state index in [0.29, 0.717) is 6.04 Å². The van der Waals surface area contributed by atoms with Crippen LogP contribution in [-0.4, -0.2) is 36.1 Å². The lowest BCUT2D eigenvalue weighted by molar-refractivity contribution is 0.174. The first-order chi connectivity index (χ1) is 9.71. The second-order valence-corrected chi connectivity index (χ2v) is 6.76. The van der Waals surface area contributed by atoms with Crippen molar-refractivity contribution in [1.29, 1.82) is 5.26 Å². The van der Waals surface area contributed by atoms with Crippen LogP contribution in [0.15, 0.2) is 0 Å². The van der Waals surface area contributed by atoms with Crippen molar-refractivity contribution in [2.24, 2.45) is 5.92 Å². The number of piperidine rings is 1. The van der Waals surface area contributed by atoms with Gasteiger partial charge >= 0.3 is 0 Å². The van der Waals surface area contributed by atoms with Crippen LogP contribution in [0.4, 0.5) is 0 Å². The Kier molecular flexibility index (Phi) is 5.86. The Balaban J connectivity index is 1.69. The standard InChI is InChI=1S/C17H31N3/c1-3-15-8-12-20(13-9-15)11-5-10-17(4-2,14-18)19-16-6-7-16/h15-16,19H,3-13H2,1-2H3. The molecule has 0 aromatic carbocycles. The summed E-state index contributed by atoms with van der Waals surface area (Å²) in [7, 11) is 0. The van der Waals surface area contributed by atoms with Gasteiger partial charge in [-0.05, 0) is 70.5 Å². The molecule has 0 spiro atoms. The van der Waals surface area contributed by atoms with E-state index < -0.39 is 0 Å². The third kappa shape index (κ3) is 4.46. The van der Waals surface area contributed by atoms with Crippen LogP contribution < -0.4 is 5.32 Å². The van der Waals surface area contributed by atoms with E-state index in [9.17, 15) is 5.26 Å². The molecule has 2 aliphatic rings. The summed E-state index contributed by atoms with van der Waals surface area (Å²) < 4.78 is 0. The van der Waals surface area contributed by atoms with Gasteiger partial charge in [0.1, 0.15) is 5.54 Å². The Morgan fingerprint density at radius 2 is 1.90 bits per heavy atom. The van der Waals surface area contributed by atoms with Crippen molar-refractivity contribution in [3.8, 4) is 6.07 Å². The van der Waals surface area contributed by atoms with Gasteiger partial charge in [-0.15, -0.1) is 0 Å². The molecule has 114 valence electrons.